The highest BCUT2D eigenvalue weighted by molar-refractivity contribution is 5.73. The summed E-state index contributed by atoms with van der Waals surface area (Å²) in [6.45, 7) is 0.0462. The van der Waals surface area contributed by atoms with Crippen molar-refractivity contribution in [1.82, 2.24) is 14.5 Å². The monoisotopic (exact) mass is 174 g/mol. The van der Waals surface area contributed by atoms with Crippen LogP contribution in [0.15, 0.2) is 23.3 Å². The first-order valence-electron chi connectivity index (χ1n) is 3.72. The molecular weight excluding hydrogens is 168 g/mol. The summed E-state index contributed by atoms with van der Waals surface area (Å²) < 4.78 is 1.35. The molecule has 0 bridgehead atoms. The summed E-state index contributed by atoms with van der Waals surface area (Å²) in [7, 11) is 0. The van der Waals surface area contributed by atoms with Crippen LogP contribution in [-0.4, -0.2) is 14.5 Å². The van der Waals surface area contributed by atoms with E-state index in [2.05, 4.69) is 9.97 Å². The van der Waals surface area contributed by atoms with Crippen molar-refractivity contribution >= 4 is 11.0 Å². The second kappa shape index (κ2) is 2.75. The van der Waals surface area contributed by atoms with Crippen LogP contribution >= 0.6 is 0 Å². The van der Waals surface area contributed by atoms with Gasteiger partial charge in [0.1, 0.15) is 6.54 Å². The van der Waals surface area contributed by atoms with Gasteiger partial charge >= 0.3 is 5.69 Å². The molecule has 0 fully saturated rings. The first-order chi connectivity index (χ1) is 6.33. The van der Waals surface area contributed by atoms with E-state index in [4.69, 9.17) is 5.26 Å². The zero-order chi connectivity index (χ0) is 9.26. The van der Waals surface area contributed by atoms with Gasteiger partial charge in [-0.15, -0.1) is 0 Å². The van der Waals surface area contributed by atoms with Gasteiger partial charge in [-0.3, -0.25) is 9.55 Å². The molecule has 2 aromatic rings. The van der Waals surface area contributed by atoms with Crippen molar-refractivity contribution in [2.75, 3.05) is 0 Å². The van der Waals surface area contributed by atoms with Crippen LogP contribution in [0.2, 0.25) is 0 Å². The topological polar surface area (TPSA) is 74.5 Å². The molecule has 0 spiro atoms. The molecule has 13 heavy (non-hydrogen) atoms. The van der Waals surface area contributed by atoms with Crippen LogP contribution in [0.3, 0.4) is 0 Å². The standard InChI is InChI=1S/C8H6N4O/c9-2-4-12-7-5-10-3-1-6(7)11-8(12)13/h1,3,5H,4H2,(H,11,13). The van der Waals surface area contributed by atoms with Gasteiger partial charge in [0.25, 0.3) is 0 Å². The van der Waals surface area contributed by atoms with Gasteiger partial charge in [0.15, 0.2) is 0 Å². The minimum Gasteiger partial charge on any atom is -0.305 e. The van der Waals surface area contributed by atoms with Crippen LogP contribution < -0.4 is 5.69 Å². The van der Waals surface area contributed by atoms with Gasteiger partial charge in [-0.2, -0.15) is 5.26 Å². The molecule has 2 aromatic heterocycles. The quantitative estimate of drug-likeness (QED) is 0.673. The molecule has 64 valence electrons. The largest absolute Gasteiger partial charge is 0.327 e. The number of nitrogens with zero attached hydrogens (tertiary/aromatic N) is 3. The van der Waals surface area contributed by atoms with E-state index in [0.717, 1.165) is 0 Å². The molecule has 0 aliphatic rings. The van der Waals surface area contributed by atoms with Crippen LogP contribution in [-0.2, 0) is 6.54 Å². The Bertz CT molecular complexity index is 531. The van der Waals surface area contributed by atoms with E-state index < -0.39 is 0 Å². The maximum atomic E-state index is 11.3. The Morgan fingerprint density at radius 3 is 3.31 bits per heavy atom. The molecule has 0 amide bonds. The predicted octanol–water partition coefficient (Wildman–Crippen LogP) is 0.248. The third kappa shape index (κ3) is 1.08. The number of nitrogens with one attached hydrogen (secondary N) is 1. The lowest BCUT2D eigenvalue weighted by Crippen LogP contribution is -2.15. The van der Waals surface area contributed by atoms with Crippen LogP contribution in [0.5, 0.6) is 0 Å². The Hall–Kier alpha value is -2.09. The van der Waals surface area contributed by atoms with Gasteiger partial charge in [0.2, 0.25) is 0 Å². The Morgan fingerprint density at radius 2 is 2.54 bits per heavy atom. The van der Waals surface area contributed by atoms with E-state index in [1.54, 1.807) is 18.5 Å². The molecule has 5 heteroatoms. The maximum absolute atomic E-state index is 11.3. The number of H-pyrrole nitrogens is 1. The van der Waals surface area contributed by atoms with Crippen molar-refractivity contribution in [2.45, 2.75) is 6.54 Å². The van der Waals surface area contributed by atoms with Gasteiger partial charge in [-0.05, 0) is 6.07 Å². The molecule has 2 heterocycles. The highest BCUT2D eigenvalue weighted by Gasteiger charge is 2.04. The number of aromatic nitrogens is 3. The zero-order valence-electron chi connectivity index (χ0n) is 6.69. The SMILES string of the molecule is N#CCn1c(=O)[nH]c2ccncc21. The van der Waals surface area contributed by atoms with E-state index in [9.17, 15) is 4.79 Å². The van der Waals surface area contributed by atoms with E-state index >= 15 is 0 Å². The third-order valence-corrected chi connectivity index (χ3v) is 1.81. The van der Waals surface area contributed by atoms with E-state index in [1.165, 1.54) is 4.57 Å². The minimum absolute atomic E-state index is 0.0462. The summed E-state index contributed by atoms with van der Waals surface area (Å²) in [6.07, 6.45) is 3.15. The number of rotatable bonds is 1. The fourth-order valence-electron chi connectivity index (χ4n) is 1.23. The normalized spacial score (nSPS) is 10.1. The van der Waals surface area contributed by atoms with Crippen molar-refractivity contribution in [3.05, 3.63) is 28.9 Å². The molecule has 0 aliphatic heterocycles. The van der Waals surface area contributed by atoms with E-state index in [-0.39, 0.29) is 12.2 Å². The number of imidazole rings is 1. The summed E-state index contributed by atoms with van der Waals surface area (Å²) in [5.41, 5.74) is 1.09. The Labute approximate surface area is 73.3 Å². The summed E-state index contributed by atoms with van der Waals surface area (Å²) in [4.78, 5) is 17.8. The molecule has 0 aliphatic carbocycles. The van der Waals surface area contributed by atoms with Crippen LogP contribution in [0.25, 0.3) is 11.0 Å². The van der Waals surface area contributed by atoms with Crippen molar-refractivity contribution in [3.8, 4) is 6.07 Å². The summed E-state index contributed by atoms with van der Waals surface area (Å²) >= 11 is 0. The minimum atomic E-state index is -0.274. The molecule has 0 saturated carbocycles. The van der Waals surface area contributed by atoms with Gasteiger partial charge in [0, 0.05) is 6.20 Å². The van der Waals surface area contributed by atoms with Crippen molar-refractivity contribution in [1.29, 1.82) is 5.26 Å². The average Bonchev–Trinajstić information content (AvgIpc) is 2.44. The lowest BCUT2D eigenvalue weighted by Gasteiger charge is -1.93. The second-order valence-corrected chi connectivity index (χ2v) is 2.57. The molecule has 0 radical (unpaired) electrons. The highest BCUT2D eigenvalue weighted by atomic mass is 16.1. The molecule has 0 saturated heterocycles. The van der Waals surface area contributed by atoms with Crippen LogP contribution in [0, 0.1) is 11.3 Å². The smallest absolute Gasteiger partial charge is 0.305 e. The number of hydrogen-bond acceptors (Lipinski definition) is 3. The fourth-order valence-corrected chi connectivity index (χ4v) is 1.23. The molecule has 5 nitrogen and oxygen atoms in total. The lowest BCUT2D eigenvalue weighted by molar-refractivity contribution is 0.816. The number of hydrogen-bond donors (Lipinski definition) is 1. The predicted molar refractivity (Wildman–Crippen MR) is 46.0 cm³/mol. The first kappa shape index (κ1) is 7.55. The molecular formula is C8H6N4O. The number of aromatic amines is 1. The van der Waals surface area contributed by atoms with Gasteiger partial charge in [-0.25, -0.2) is 4.79 Å². The van der Waals surface area contributed by atoms with E-state index in [0.29, 0.717) is 11.0 Å². The Morgan fingerprint density at radius 1 is 1.69 bits per heavy atom. The molecule has 0 atom stereocenters. The van der Waals surface area contributed by atoms with Crippen LogP contribution in [0.4, 0.5) is 0 Å². The zero-order valence-corrected chi connectivity index (χ0v) is 6.69. The average molecular weight is 174 g/mol. The third-order valence-electron chi connectivity index (χ3n) is 1.81. The molecule has 1 N–H and O–H groups in total. The van der Waals surface area contributed by atoms with Gasteiger partial charge in [0.05, 0.1) is 23.3 Å². The summed E-state index contributed by atoms with van der Waals surface area (Å²) in [6, 6.07) is 3.62. The molecule has 0 unspecified atom stereocenters. The summed E-state index contributed by atoms with van der Waals surface area (Å²) in [5, 5.41) is 8.48. The number of nitriles is 1. The van der Waals surface area contributed by atoms with Gasteiger partial charge in [-0.1, -0.05) is 0 Å². The van der Waals surface area contributed by atoms with Crippen LogP contribution in [0.1, 0.15) is 0 Å². The van der Waals surface area contributed by atoms with E-state index in [1.807, 2.05) is 6.07 Å². The second-order valence-electron chi connectivity index (χ2n) is 2.57. The Kier molecular flexibility index (Phi) is 1.60. The first-order valence-corrected chi connectivity index (χ1v) is 3.72. The molecule has 0 aromatic carbocycles. The van der Waals surface area contributed by atoms with Crippen molar-refractivity contribution < 1.29 is 0 Å². The van der Waals surface area contributed by atoms with Crippen molar-refractivity contribution in [2.24, 2.45) is 0 Å². The lowest BCUT2D eigenvalue weighted by atomic mass is 10.4. The number of fused-ring (bicyclic) bond motifs is 1. The fraction of sp³-hybridized carbons (Fsp3) is 0.125. The summed E-state index contributed by atoms with van der Waals surface area (Å²) in [5.74, 6) is 0. The highest BCUT2D eigenvalue weighted by Crippen LogP contribution is 2.05. The maximum Gasteiger partial charge on any atom is 0.327 e. The number of pyridine rings is 1. The molecule has 2 rings (SSSR count). The van der Waals surface area contributed by atoms with Crippen molar-refractivity contribution in [3.63, 3.8) is 0 Å². The Balaban J connectivity index is 2.80. The van der Waals surface area contributed by atoms with Gasteiger partial charge < -0.3 is 4.98 Å².